The number of H-pyrrole nitrogens is 2. The molecule has 0 atom stereocenters. The Kier molecular flexibility index (Phi) is 3.30. The van der Waals surface area contributed by atoms with Crippen molar-refractivity contribution in [3.63, 3.8) is 0 Å². The number of fused-ring (bicyclic) bond motifs is 1. The molecule has 0 aromatic carbocycles. The zero-order chi connectivity index (χ0) is 18.7. The summed E-state index contributed by atoms with van der Waals surface area (Å²) < 4.78 is 29.8. The van der Waals surface area contributed by atoms with E-state index in [9.17, 15) is 18.4 Å². The number of anilines is 1. The zero-order valence-electron chi connectivity index (χ0n) is 14.1. The summed E-state index contributed by atoms with van der Waals surface area (Å²) in [6.45, 7) is 2.86. The lowest BCUT2D eigenvalue weighted by molar-refractivity contribution is -0.0642. The van der Waals surface area contributed by atoms with E-state index >= 15 is 0 Å². The quantitative estimate of drug-likeness (QED) is 0.715. The Labute approximate surface area is 145 Å². The van der Waals surface area contributed by atoms with Crippen LogP contribution in [0.4, 0.5) is 14.5 Å². The van der Waals surface area contributed by atoms with Gasteiger partial charge in [0.25, 0.3) is 11.5 Å². The largest absolute Gasteiger partial charge is 0.364 e. The molecule has 8 nitrogen and oxygen atoms in total. The molecule has 136 valence electrons. The molecule has 4 rings (SSSR count). The number of nitrogens with one attached hydrogen (secondary N) is 2. The van der Waals surface area contributed by atoms with E-state index in [1.807, 2.05) is 0 Å². The van der Waals surface area contributed by atoms with Gasteiger partial charge in [-0.3, -0.25) is 9.78 Å². The van der Waals surface area contributed by atoms with Gasteiger partial charge in [-0.2, -0.15) is 0 Å². The lowest BCUT2D eigenvalue weighted by atomic mass is 9.89. The fourth-order valence-corrected chi connectivity index (χ4v) is 3.15. The third-order valence-electron chi connectivity index (χ3n) is 4.75. The molecule has 0 saturated carbocycles. The van der Waals surface area contributed by atoms with Gasteiger partial charge in [0.05, 0.1) is 17.6 Å². The summed E-state index contributed by atoms with van der Waals surface area (Å²) in [4.78, 5) is 33.4. The van der Waals surface area contributed by atoms with E-state index in [0.717, 1.165) is 0 Å². The minimum Gasteiger partial charge on any atom is -0.364 e. The van der Waals surface area contributed by atoms with Crippen LogP contribution in [0.1, 0.15) is 13.8 Å². The first-order chi connectivity index (χ1) is 12.2. The number of hydrogen-bond acceptors (Lipinski definition) is 5. The van der Waals surface area contributed by atoms with Gasteiger partial charge in [0.1, 0.15) is 5.69 Å². The molecule has 4 heterocycles. The fraction of sp³-hybridized carbons (Fsp3) is 0.375. The van der Waals surface area contributed by atoms with Crippen LogP contribution in [0.25, 0.3) is 16.7 Å². The lowest BCUT2D eigenvalue weighted by Crippen LogP contribution is -2.34. The van der Waals surface area contributed by atoms with Crippen LogP contribution in [0.3, 0.4) is 0 Å². The van der Waals surface area contributed by atoms with Crippen LogP contribution >= 0.6 is 0 Å². The summed E-state index contributed by atoms with van der Waals surface area (Å²) in [5, 5.41) is 4.78. The number of alkyl halides is 2. The van der Waals surface area contributed by atoms with Gasteiger partial charge in [-0.1, -0.05) is 13.8 Å². The van der Waals surface area contributed by atoms with Crippen LogP contribution < -0.4 is 16.1 Å². The SMILES string of the molecule is CC1(C)CN(c2ccnc3nn(-c4c[nH]c(=O)[nH]c4=O)cc23)CC1(F)F. The van der Waals surface area contributed by atoms with Gasteiger partial charge in [-0.05, 0) is 6.07 Å². The molecule has 1 aliphatic heterocycles. The number of pyridine rings is 1. The van der Waals surface area contributed by atoms with E-state index in [2.05, 4.69) is 20.1 Å². The molecule has 1 saturated heterocycles. The summed E-state index contributed by atoms with van der Waals surface area (Å²) >= 11 is 0. The van der Waals surface area contributed by atoms with Gasteiger partial charge in [0.2, 0.25) is 0 Å². The number of aromatic nitrogens is 5. The molecule has 0 spiro atoms. The van der Waals surface area contributed by atoms with Crippen molar-refractivity contribution in [2.45, 2.75) is 19.8 Å². The van der Waals surface area contributed by atoms with Gasteiger partial charge in [0.15, 0.2) is 5.65 Å². The number of nitrogens with zero attached hydrogens (tertiary/aromatic N) is 4. The Balaban J connectivity index is 1.83. The number of aromatic amines is 2. The normalized spacial score (nSPS) is 18.5. The average Bonchev–Trinajstić information content (AvgIpc) is 3.05. The van der Waals surface area contributed by atoms with Crippen molar-refractivity contribution in [1.29, 1.82) is 0 Å². The molecule has 0 radical (unpaired) electrons. The molecule has 1 fully saturated rings. The Bertz CT molecular complexity index is 1100. The van der Waals surface area contributed by atoms with Gasteiger partial charge in [-0.15, -0.1) is 5.10 Å². The van der Waals surface area contributed by atoms with Crippen LogP contribution in [0.5, 0.6) is 0 Å². The smallest absolute Gasteiger partial charge is 0.325 e. The predicted octanol–water partition coefficient (Wildman–Crippen LogP) is 1.28. The maximum Gasteiger partial charge on any atom is 0.325 e. The first-order valence-corrected chi connectivity index (χ1v) is 7.97. The van der Waals surface area contributed by atoms with Crippen molar-refractivity contribution < 1.29 is 8.78 Å². The van der Waals surface area contributed by atoms with Crippen molar-refractivity contribution in [2.24, 2.45) is 5.41 Å². The van der Waals surface area contributed by atoms with Crippen LogP contribution in [0.2, 0.25) is 0 Å². The third-order valence-corrected chi connectivity index (χ3v) is 4.75. The highest BCUT2D eigenvalue weighted by molar-refractivity contribution is 5.89. The van der Waals surface area contributed by atoms with E-state index in [-0.39, 0.29) is 12.2 Å². The van der Waals surface area contributed by atoms with E-state index < -0.39 is 29.1 Å². The van der Waals surface area contributed by atoms with Gasteiger partial charge in [-0.25, -0.2) is 23.2 Å². The molecule has 2 N–H and O–H groups in total. The number of hydrogen-bond donors (Lipinski definition) is 2. The van der Waals surface area contributed by atoms with E-state index in [4.69, 9.17) is 0 Å². The molecule has 0 unspecified atom stereocenters. The molecule has 0 aliphatic carbocycles. The van der Waals surface area contributed by atoms with E-state index in [1.165, 1.54) is 30.9 Å². The van der Waals surface area contributed by atoms with E-state index in [1.54, 1.807) is 17.2 Å². The number of rotatable bonds is 2. The maximum absolute atomic E-state index is 14.3. The highest BCUT2D eigenvalue weighted by atomic mass is 19.3. The molecule has 26 heavy (non-hydrogen) atoms. The Hall–Kier alpha value is -3.04. The minimum absolute atomic E-state index is 0.0978. The van der Waals surface area contributed by atoms with Gasteiger partial charge >= 0.3 is 5.69 Å². The molecule has 3 aromatic heterocycles. The summed E-state index contributed by atoms with van der Waals surface area (Å²) in [6, 6.07) is 1.66. The van der Waals surface area contributed by atoms with Crippen molar-refractivity contribution in [1.82, 2.24) is 24.7 Å². The molecule has 3 aromatic rings. The molecular weight excluding hydrogens is 346 g/mol. The minimum atomic E-state index is -2.82. The second-order valence-electron chi connectivity index (χ2n) is 7.04. The molecule has 0 bridgehead atoms. The summed E-state index contributed by atoms with van der Waals surface area (Å²) in [6.07, 6.45) is 4.28. The van der Waals surface area contributed by atoms with Crippen molar-refractivity contribution in [3.8, 4) is 5.69 Å². The first-order valence-electron chi connectivity index (χ1n) is 7.97. The molecule has 1 aliphatic rings. The van der Waals surface area contributed by atoms with Crippen LogP contribution in [0, 0.1) is 5.41 Å². The van der Waals surface area contributed by atoms with Gasteiger partial charge < -0.3 is 9.88 Å². The maximum atomic E-state index is 14.3. The molecule has 0 amide bonds. The summed E-state index contributed by atoms with van der Waals surface area (Å²) in [5.74, 6) is -2.82. The second kappa shape index (κ2) is 5.23. The summed E-state index contributed by atoms with van der Waals surface area (Å²) in [7, 11) is 0. The highest BCUT2D eigenvalue weighted by Crippen LogP contribution is 2.45. The van der Waals surface area contributed by atoms with Crippen molar-refractivity contribution in [3.05, 3.63) is 45.5 Å². The average molecular weight is 362 g/mol. The van der Waals surface area contributed by atoms with Crippen LogP contribution in [-0.4, -0.2) is 43.7 Å². The zero-order valence-corrected chi connectivity index (χ0v) is 14.1. The topological polar surface area (TPSA) is 99.7 Å². The van der Waals surface area contributed by atoms with E-state index in [0.29, 0.717) is 16.7 Å². The Morgan fingerprint density at radius 3 is 2.62 bits per heavy atom. The monoisotopic (exact) mass is 362 g/mol. The summed E-state index contributed by atoms with van der Waals surface area (Å²) in [5.41, 5.74) is -1.41. The lowest BCUT2D eigenvalue weighted by Gasteiger charge is -2.24. The highest BCUT2D eigenvalue weighted by Gasteiger charge is 2.54. The Morgan fingerprint density at radius 1 is 1.19 bits per heavy atom. The number of halogens is 2. The van der Waals surface area contributed by atoms with Gasteiger partial charge in [0, 0.05) is 30.6 Å². The fourth-order valence-electron chi connectivity index (χ4n) is 3.15. The third kappa shape index (κ3) is 2.40. The molecule has 10 heteroatoms. The first kappa shape index (κ1) is 16.4. The predicted molar refractivity (Wildman–Crippen MR) is 91.0 cm³/mol. The Morgan fingerprint density at radius 2 is 1.96 bits per heavy atom. The van der Waals surface area contributed by atoms with Crippen molar-refractivity contribution >= 4 is 16.7 Å². The standard InChI is InChI=1S/C16H16F2N6O2/c1-15(2)7-23(8-16(15,17)18)10-3-4-19-12-9(10)6-24(22-12)11-5-20-14(26)21-13(11)25/h3-6H,7-8H2,1-2H3,(H2,20,21,25,26). The molecular formula is C16H16F2N6O2. The van der Waals surface area contributed by atoms with Crippen LogP contribution in [-0.2, 0) is 0 Å². The second-order valence-corrected chi connectivity index (χ2v) is 7.04. The van der Waals surface area contributed by atoms with Crippen LogP contribution in [0.15, 0.2) is 34.2 Å². The van der Waals surface area contributed by atoms with Crippen molar-refractivity contribution in [2.75, 3.05) is 18.0 Å².